The Morgan fingerprint density at radius 2 is 1.82 bits per heavy atom. The predicted octanol–water partition coefficient (Wildman–Crippen LogP) is 5.02. The van der Waals surface area contributed by atoms with Crippen molar-refractivity contribution in [3.63, 3.8) is 0 Å². The molecule has 0 atom stereocenters. The number of carbonyl (C=O) groups excluding carboxylic acids is 1. The van der Waals surface area contributed by atoms with Crippen LogP contribution in [0.3, 0.4) is 0 Å². The summed E-state index contributed by atoms with van der Waals surface area (Å²) in [4.78, 5) is 27.1. The van der Waals surface area contributed by atoms with Crippen LogP contribution in [0.1, 0.15) is 5.56 Å². The van der Waals surface area contributed by atoms with Crippen LogP contribution in [-0.2, 0) is 14.9 Å². The van der Waals surface area contributed by atoms with Gasteiger partial charge < -0.3 is 9.50 Å². The second kappa shape index (κ2) is 9.79. The normalized spacial score (nSPS) is 16.0. The molecule has 0 aromatic heterocycles. The van der Waals surface area contributed by atoms with E-state index in [4.69, 9.17) is 4.18 Å². The first-order valence-corrected chi connectivity index (χ1v) is 12.6. The molecule has 3 aromatic carbocycles. The molecule has 0 aliphatic carbocycles. The van der Waals surface area contributed by atoms with Gasteiger partial charge in [-0.1, -0.05) is 40.2 Å². The van der Waals surface area contributed by atoms with Crippen molar-refractivity contribution >= 4 is 66.3 Å². The molecule has 1 fully saturated rings. The Bertz CT molecular complexity index is 1460. The molecule has 4 rings (SSSR count). The Morgan fingerprint density at radius 1 is 1.06 bits per heavy atom. The molecule has 1 aliphatic heterocycles. The summed E-state index contributed by atoms with van der Waals surface area (Å²) in [6, 6.07) is 18.2. The van der Waals surface area contributed by atoms with Crippen molar-refractivity contribution < 1.29 is 22.3 Å². The lowest BCUT2D eigenvalue weighted by Crippen LogP contribution is -2.19. The largest absolute Gasteiger partial charge is 0.378 e. The van der Waals surface area contributed by atoms with E-state index in [0.29, 0.717) is 20.9 Å². The molecular weight excluding hydrogens is 546 g/mol. The van der Waals surface area contributed by atoms with Gasteiger partial charge in [0.05, 0.1) is 15.5 Å². The SMILES string of the molecule is O=C1NC(=Nc2ccccc2)S/C1=C\c1cc(Br)ccc1OS(=O)(=O)c1cccc([N+](=O)[O-])c1. The zero-order valence-electron chi connectivity index (χ0n) is 17.0. The fourth-order valence-electron chi connectivity index (χ4n) is 2.87. The van der Waals surface area contributed by atoms with Crippen LogP contribution < -0.4 is 9.50 Å². The number of hydrogen-bond acceptors (Lipinski definition) is 8. The van der Waals surface area contributed by atoms with Gasteiger partial charge in [0.25, 0.3) is 11.6 Å². The van der Waals surface area contributed by atoms with Crippen LogP contribution >= 0.6 is 27.7 Å². The standard InChI is InChI=1S/C22H14BrN3O6S2/c23-15-9-10-19(32-34(30,31)18-8-4-7-17(13-18)26(28)29)14(11-15)12-20-21(27)25-22(33-20)24-16-5-2-1-3-6-16/h1-13H,(H,24,25,27)/b20-12-. The van der Waals surface area contributed by atoms with Crippen molar-refractivity contribution in [3.05, 3.63) is 97.9 Å². The number of para-hydroxylation sites is 1. The highest BCUT2D eigenvalue weighted by Crippen LogP contribution is 2.33. The molecule has 0 bridgehead atoms. The molecule has 34 heavy (non-hydrogen) atoms. The van der Waals surface area contributed by atoms with E-state index < -0.39 is 20.9 Å². The number of nitrogens with zero attached hydrogens (tertiary/aromatic N) is 2. The van der Waals surface area contributed by atoms with Crippen LogP contribution in [0.5, 0.6) is 5.75 Å². The van der Waals surface area contributed by atoms with Crippen molar-refractivity contribution in [2.45, 2.75) is 4.90 Å². The van der Waals surface area contributed by atoms with E-state index in [0.717, 1.165) is 17.8 Å². The quantitative estimate of drug-likeness (QED) is 0.194. The number of nitro groups is 1. The van der Waals surface area contributed by atoms with Gasteiger partial charge in [0, 0.05) is 22.2 Å². The van der Waals surface area contributed by atoms with E-state index in [1.165, 1.54) is 30.3 Å². The van der Waals surface area contributed by atoms with E-state index in [1.807, 2.05) is 18.2 Å². The zero-order chi connectivity index (χ0) is 24.3. The number of nitro benzene ring substituents is 1. The number of carbonyl (C=O) groups is 1. The van der Waals surface area contributed by atoms with Gasteiger partial charge in [-0.15, -0.1) is 0 Å². The molecule has 0 radical (unpaired) electrons. The van der Waals surface area contributed by atoms with E-state index in [1.54, 1.807) is 24.3 Å². The molecule has 12 heteroatoms. The summed E-state index contributed by atoms with van der Waals surface area (Å²) in [6.07, 6.45) is 1.48. The number of hydrogen-bond donors (Lipinski definition) is 1. The molecular formula is C22H14BrN3O6S2. The van der Waals surface area contributed by atoms with Crippen molar-refractivity contribution in [2.75, 3.05) is 0 Å². The Labute approximate surface area is 207 Å². The molecule has 1 aliphatic rings. The molecule has 0 spiro atoms. The summed E-state index contributed by atoms with van der Waals surface area (Å²) < 4.78 is 31.5. The monoisotopic (exact) mass is 559 g/mol. The first-order valence-electron chi connectivity index (χ1n) is 9.54. The molecule has 1 N–H and O–H groups in total. The summed E-state index contributed by atoms with van der Waals surface area (Å²) in [6.45, 7) is 0. The van der Waals surface area contributed by atoms with E-state index >= 15 is 0 Å². The molecule has 3 aromatic rings. The topological polar surface area (TPSA) is 128 Å². The lowest BCUT2D eigenvalue weighted by Gasteiger charge is -2.10. The van der Waals surface area contributed by atoms with Gasteiger partial charge in [-0.3, -0.25) is 14.9 Å². The van der Waals surface area contributed by atoms with Crippen molar-refractivity contribution in [1.82, 2.24) is 5.32 Å². The minimum atomic E-state index is -4.38. The van der Waals surface area contributed by atoms with Gasteiger partial charge in [0.15, 0.2) is 5.17 Å². The second-order valence-electron chi connectivity index (χ2n) is 6.79. The predicted molar refractivity (Wildman–Crippen MR) is 132 cm³/mol. The minimum absolute atomic E-state index is 0.0518. The van der Waals surface area contributed by atoms with Crippen LogP contribution in [0.15, 0.2) is 92.1 Å². The van der Waals surface area contributed by atoms with Gasteiger partial charge in [-0.05, 0) is 54.2 Å². The maximum absolute atomic E-state index is 12.8. The van der Waals surface area contributed by atoms with Crippen LogP contribution in [0.25, 0.3) is 6.08 Å². The first kappa shape index (κ1) is 23.7. The minimum Gasteiger partial charge on any atom is -0.378 e. The van der Waals surface area contributed by atoms with Gasteiger partial charge in [0.1, 0.15) is 10.6 Å². The van der Waals surface area contributed by atoms with Crippen LogP contribution in [-0.4, -0.2) is 24.4 Å². The zero-order valence-corrected chi connectivity index (χ0v) is 20.3. The summed E-state index contributed by atoms with van der Waals surface area (Å²) in [5, 5.41) is 14.1. The molecule has 172 valence electrons. The Balaban J connectivity index is 1.65. The van der Waals surface area contributed by atoms with Crippen LogP contribution in [0.2, 0.25) is 0 Å². The highest BCUT2D eigenvalue weighted by molar-refractivity contribution is 9.10. The molecule has 1 saturated heterocycles. The number of amides is 1. The van der Waals surface area contributed by atoms with Crippen molar-refractivity contribution in [1.29, 1.82) is 0 Å². The highest BCUT2D eigenvalue weighted by Gasteiger charge is 2.26. The summed E-state index contributed by atoms with van der Waals surface area (Å²) in [5.41, 5.74) is 0.593. The number of amidine groups is 1. The number of thioether (sulfide) groups is 1. The number of non-ortho nitro benzene ring substituents is 1. The van der Waals surface area contributed by atoms with Crippen LogP contribution in [0, 0.1) is 10.1 Å². The van der Waals surface area contributed by atoms with Crippen molar-refractivity contribution in [2.24, 2.45) is 4.99 Å². The third-order valence-electron chi connectivity index (χ3n) is 4.41. The molecule has 1 heterocycles. The van der Waals surface area contributed by atoms with Gasteiger partial charge >= 0.3 is 10.1 Å². The number of benzene rings is 3. The van der Waals surface area contributed by atoms with Gasteiger partial charge in [-0.2, -0.15) is 8.42 Å². The number of nitrogens with one attached hydrogen (secondary N) is 1. The Hall–Kier alpha value is -3.48. The number of rotatable bonds is 6. The average Bonchev–Trinajstić information content (AvgIpc) is 3.14. The maximum Gasteiger partial charge on any atom is 0.339 e. The summed E-state index contributed by atoms with van der Waals surface area (Å²) in [5.74, 6) is -0.448. The molecule has 0 unspecified atom stereocenters. The fourth-order valence-corrected chi connectivity index (χ4v) is 5.07. The van der Waals surface area contributed by atoms with E-state index in [-0.39, 0.29) is 21.2 Å². The number of halogens is 1. The summed E-state index contributed by atoms with van der Waals surface area (Å²) in [7, 11) is -4.38. The lowest BCUT2D eigenvalue weighted by molar-refractivity contribution is -0.385. The third-order valence-corrected chi connectivity index (χ3v) is 7.05. The average molecular weight is 560 g/mol. The van der Waals surface area contributed by atoms with Gasteiger partial charge in [-0.25, -0.2) is 4.99 Å². The molecule has 9 nitrogen and oxygen atoms in total. The Kier molecular flexibility index (Phi) is 6.82. The summed E-state index contributed by atoms with van der Waals surface area (Å²) >= 11 is 4.42. The van der Waals surface area contributed by atoms with E-state index in [9.17, 15) is 23.3 Å². The molecule has 0 saturated carbocycles. The second-order valence-corrected chi connectivity index (χ2v) is 10.3. The highest BCUT2D eigenvalue weighted by atomic mass is 79.9. The molecule has 1 amide bonds. The van der Waals surface area contributed by atoms with Crippen LogP contribution in [0.4, 0.5) is 11.4 Å². The van der Waals surface area contributed by atoms with E-state index in [2.05, 4.69) is 26.2 Å². The maximum atomic E-state index is 12.8. The lowest BCUT2D eigenvalue weighted by atomic mass is 10.2. The van der Waals surface area contributed by atoms with Gasteiger partial charge in [0.2, 0.25) is 0 Å². The third kappa shape index (κ3) is 5.53. The Morgan fingerprint density at radius 3 is 2.56 bits per heavy atom. The fraction of sp³-hybridized carbons (Fsp3) is 0. The number of aliphatic imine (C=N–C) groups is 1. The van der Waals surface area contributed by atoms with Crippen molar-refractivity contribution in [3.8, 4) is 5.75 Å². The smallest absolute Gasteiger partial charge is 0.339 e. The first-order chi connectivity index (χ1) is 16.2.